The minimum Gasteiger partial charge on any atom is -0.0925 e. The summed E-state index contributed by atoms with van der Waals surface area (Å²) in [6.07, 6.45) is 6.78. The number of hydrogen-bond acceptors (Lipinski definition) is 0. The maximum absolute atomic E-state index is 3.41. The maximum Gasteiger partial charge on any atom is 0.00684 e. The highest BCUT2D eigenvalue weighted by Crippen LogP contribution is 2.04. The highest BCUT2D eigenvalue weighted by atomic mass is 79.9. The fourth-order valence-electron chi connectivity index (χ4n) is 0.747. The van der Waals surface area contributed by atoms with Gasteiger partial charge in [0.1, 0.15) is 0 Å². The molecule has 1 heteroatoms. The van der Waals surface area contributed by atoms with Gasteiger partial charge in [-0.25, -0.2) is 0 Å². The van der Waals surface area contributed by atoms with Crippen molar-refractivity contribution in [3.8, 4) is 0 Å². The van der Waals surface area contributed by atoms with E-state index in [9.17, 15) is 0 Å². The molecule has 0 aromatic heterocycles. The van der Waals surface area contributed by atoms with Crippen LogP contribution in [0.5, 0.6) is 0 Å². The van der Waals surface area contributed by atoms with Crippen LogP contribution in [-0.2, 0) is 0 Å². The van der Waals surface area contributed by atoms with Gasteiger partial charge in [-0.1, -0.05) is 39.2 Å². The van der Waals surface area contributed by atoms with Crippen molar-refractivity contribution in [2.45, 2.75) is 33.6 Å². The van der Waals surface area contributed by atoms with E-state index in [1.165, 1.54) is 11.1 Å². The third kappa shape index (κ3) is 7.86. The molecular formula is C10H17Br. The molecule has 0 atom stereocenters. The fourth-order valence-corrected chi connectivity index (χ4v) is 1.37. The highest BCUT2D eigenvalue weighted by molar-refractivity contribution is 9.09. The number of alkyl halides is 1. The Bertz CT molecular complexity index is 150. The standard InChI is InChI=1S/C10H17Br/c1-9(2)5-4-6-10(3)7-8-11/h5-6H,4,7-8H2,1-3H3/b10-6-. The lowest BCUT2D eigenvalue weighted by Gasteiger charge is -1.94. The summed E-state index contributed by atoms with van der Waals surface area (Å²) in [5.41, 5.74) is 2.87. The van der Waals surface area contributed by atoms with Crippen LogP contribution in [-0.4, -0.2) is 5.33 Å². The third-order valence-electron chi connectivity index (χ3n) is 1.48. The van der Waals surface area contributed by atoms with Crippen molar-refractivity contribution in [1.29, 1.82) is 0 Å². The molecule has 0 saturated carbocycles. The molecule has 0 aromatic carbocycles. The summed E-state index contributed by atoms with van der Waals surface area (Å²) in [4.78, 5) is 0. The second kappa shape index (κ2) is 6.66. The van der Waals surface area contributed by atoms with Gasteiger partial charge in [0.05, 0.1) is 0 Å². The molecule has 0 bridgehead atoms. The lowest BCUT2D eigenvalue weighted by molar-refractivity contribution is 1.09. The van der Waals surface area contributed by atoms with E-state index < -0.39 is 0 Å². The van der Waals surface area contributed by atoms with Gasteiger partial charge in [0.25, 0.3) is 0 Å². The van der Waals surface area contributed by atoms with E-state index in [4.69, 9.17) is 0 Å². The Hall–Kier alpha value is -0.0400. The smallest absolute Gasteiger partial charge is 0.00684 e. The SMILES string of the molecule is CC(C)=CC/C=C(/C)CCBr. The molecule has 0 heterocycles. The Balaban J connectivity index is 3.64. The number of hydrogen-bond donors (Lipinski definition) is 0. The molecule has 0 unspecified atom stereocenters. The van der Waals surface area contributed by atoms with E-state index in [1.807, 2.05) is 0 Å². The van der Waals surface area contributed by atoms with Crippen LogP contribution in [0.1, 0.15) is 33.6 Å². The lowest BCUT2D eigenvalue weighted by atomic mass is 10.2. The molecule has 0 amide bonds. The van der Waals surface area contributed by atoms with Crippen LogP contribution in [0.25, 0.3) is 0 Å². The fraction of sp³-hybridized carbons (Fsp3) is 0.600. The minimum atomic E-state index is 1.07. The molecule has 0 N–H and O–H groups in total. The quantitative estimate of drug-likeness (QED) is 0.491. The van der Waals surface area contributed by atoms with Crippen molar-refractivity contribution >= 4 is 15.9 Å². The largest absolute Gasteiger partial charge is 0.0925 e. The second-order valence-corrected chi connectivity index (χ2v) is 3.80. The van der Waals surface area contributed by atoms with Gasteiger partial charge in [-0.3, -0.25) is 0 Å². The summed E-state index contributed by atoms with van der Waals surface area (Å²) in [6.45, 7) is 6.45. The van der Waals surface area contributed by atoms with Crippen LogP contribution < -0.4 is 0 Å². The Morgan fingerprint density at radius 2 is 1.82 bits per heavy atom. The van der Waals surface area contributed by atoms with Gasteiger partial charge in [0.2, 0.25) is 0 Å². The molecule has 0 aliphatic heterocycles. The van der Waals surface area contributed by atoms with E-state index >= 15 is 0 Å². The van der Waals surface area contributed by atoms with Crippen LogP contribution >= 0.6 is 15.9 Å². The third-order valence-corrected chi connectivity index (χ3v) is 1.88. The van der Waals surface area contributed by atoms with E-state index in [-0.39, 0.29) is 0 Å². The number of rotatable bonds is 4. The molecule has 0 fully saturated rings. The summed E-state index contributed by atoms with van der Waals surface area (Å²) in [6, 6.07) is 0. The van der Waals surface area contributed by atoms with Gasteiger partial charge in [-0.05, 0) is 33.6 Å². The summed E-state index contributed by atoms with van der Waals surface area (Å²) in [7, 11) is 0. The van der Waals surface area contributed by atoms with Crippen LogP contribution in [0.15, 0.2) is 23.3 Å². The lowest BCUT2D eigenvalue weighted by Crippen LogP contribution is -1.77. The van der Waals surface area contributed by atoms with Crippen LogP contribution in [0, 0.1) is 0 Å². The second-order valence-electron chi connectivity index (χ2n) is 3.01. The Labute approximate surface area is 78.5 Å². The molecule has 11 heavy (non-hydrogen) atoms. The zero-order valence-corrected chi connectivity index (χ0v) is 9.24. The molecule has 0 radical (unpaired) electrons. The molecule has 0 spiro atoms. The molecule has 0 aliphatic rings. The zero-order valence-electron chi connectivity index (χ0n) is 7.65. The van der Waals surface area contributed by atoms with Crippen molar-refractivity contribution < 1.29 is 0 Å². The normalized spacial score (nSPS) is 11.5. The maximum atomic E-state index is 3.41. The van der Waals surface area contributed by atoms with Crippen molar-refractivity contribution in [2.75, 3.05) is 5.33 Å². The molecule has 0 aliphatic carbocycles. The molecular weight excluding hydrogens is 200 g/mol. The number of allylic oxidation sites excluding steroid dienone is 4. The van der Waals surface area contributed by atoms with Gasteiger partial charge in [0.15, 0.2) is 0 Å². The number of halogens is 1. The van der Waals surface area contributed by atoms with E-state index in [2.05, 4.69) is 48.9 Å². The summed E-state index contributed by atoms with van der Waals surface area (Å²) in [5.74, 6) is 0. The van der Waals surface area contributed by atoms with Crippen molar-refractivity contribution in [1.82, 2.24) is 0 Å². The first kappa shape index (κ1) is 11.0. The monoisotopic (exact) mass is 216 g/mol. The van der Waals surface area contributed by atoms with Crippen molar-refractivity contribution in [3.05, 3.63) is 23.3 Å². The first-order valence-corrected chi connectivity index (χ1v) is 5.14. The van der Waals surface area contributed by atoms with E-state index in [0.29, 0.717) is 0 Å². The first-order valence-electron chi connectivity index (χ1n) is 4.01. The van der Waals surface area contributed by atoms with Crippen molar-refractivity contribution in [2.24, 2.45) is 0 Å². The molecule has 0 nitrogen and oxygen atoms in total. The van der Waals surface area contributed by atoms with Gasteiger partial charge in [-0.2, -0.15) is 0 Å². The Morgan fingerprint density at radius 1 is 1.18 bits per heavy atom. The predicted octanol–water partition coefficient (Wildman–Crippen LogP) is 4.07. The highest BCUT2D eigenvalue weighted by Gasteiger charge is 1.85. The molecule has 0 rings (SSSR count). The van der Waals surface area contributed by atoms with Crippen LogP contribution in [0.4, 0.5) is 0 Å². The summed E-state index contributed by atoms with van der Waals surface area (Å²) in [5, 5.41) is 1.07. The van der Waals surface area contributed by atoms with E-state index in [1.54, 1.807) is 0 Å². The Kier molecular flexibility index (Phi) is 6.63. The Morgan fingerprint density at radius 3 is 2.27 bits per heavy atom. The van der Waals surface area contributed by atoms with E-state index in [0.717, 1.165) is 18.2 Å². The van der Waals surface area contributed by atoms with Gasteiger partial charge in [0, 0.05) is 5.33 Å². The first-order chi connectivity index (χ1) is 5.16. The van der Waals surface area contributed by atoms with Gasteiger partial charge < -0.3 is 0 Å². The summed E-state index contributed by atoms with van der Waals surface area (Å²) >= 11 is 3.41. The average Bonchev–Trinajstić information content (AvgIpc) is 1.87. The summed E-state index contributed by atoms with van der Waals surface area (Å²) < 4.78 is 0. The van der Waals surface area contributed by atoms with Gasteiger partial charge >= 0.3 is 0 Å². The molecule has 64 valence electrons. The predicted molar refractivity (Wildman–Crippen MR) is 56.2 cm³/mol. The zero-order chi connectivity index (χ0) is 8.69. The van der Waals surface area contributed by atoms with Crippen molar-refractivity contribution in [3.63, 3.8) is 0 Å². The van der Waals surface area contributed by atoms with Gasteiger partial charge in [-0.15, -0.1) is 0 Å². The minimum absolute atomic E-state index is 1.07. The van der Waals surface area contributed by atoms with Crippen LogP contribution in [0.2, 0.25) is 0 Å². The topological polar surface area (TPSA) is 0 Å². The molecule has 0 saturated heterocycles. The average molecular weight is 217 g/mol. The van der Waals surface area contributed by atoms with Crippen LogP contribution in [0.3, 0.4) is 0 Å². The molecule has 0 aromatic rings.